The second kappa shape index (κ2) is 5.21. The summed E-state index contributed by atoms with van der Waals surface area (Å²) in [5.74, 6) is 0. The van der Waals surface area contributed by atoms with Crippen molar-refractivity contribution in [1.82, 2.24) is 0 Å². The largest absolute Gasteiger partial charge is 0.133 e. The number of hydrogen-bond acceptors (Lipinski definition) is 0. The van der Waals surface area contributed by atoms with Gasteiger partial charge in [-0.25, -0.2) is 0 Å². The Morgan fingerprint density at radius 2 is 1.64 bits per heavy atom. The highest BCUT2D eigenvalue weighted by molar-refractivity contribution is 4.74. The molecule has 1 aliphatic carbocycles. The maximum Gasteiger partial charge on any atom is -0.0354 e. The molecule has 0 heterocycles. The number of hydrogen-bond donors (Lipinski definition) is 0. The molecular formula is C11H20. The molecule has 1 rings (SSSR count). The van der Waals surface area contributed by atoms with Gasteiger partial charge in [0.1, 0.15) is 0 Å². The molecule has 0 amide bonds. The lowest BCUT2D eigenvalue weighted by molar-refractivity contribution is 0.382. The van der Waals surface area contributed by atoms with Gasteiger partial charge in [-0.15, -0.1) is 5.73 Å². The van der Waals surface area contributed by atoms with Crippen molar-refractivity contribution < 1.29 is 0 Å². The average molecular weight is 152 g/mol. The van der Waals surface area contributed by atoms with Gasteiger partial charge in [-0.05, 0) is 31.3 Å². The Kier molecular flexibility index (Phi) is 4.98. The first-order valence-corrected chi connectivity index (χ1v) is 4.43. The molecule has 1 aliphatic rings. The van der Waals surface area contributed by atoms with Crippen molar-refractivity contribution >= 4 is 0 Å². The molecule has 0 aromatic rings. The Labute approximate surface area is 71.0 Å². The van der Waals surface area contributed by atoms with Gasteiger partial charge < -0.3 is 0 Å². The Morgan fingerprint density at radius 3 is 1.73 bits per heavy atom. The van der Waals surface area contributed by atoms with E-state index in [0.717, 1.165) is 0 Å². The summed E-state index contributed by atoms with van der Waals surface area (Å²) in [5, 5.41) is 0. The summed E-state index contributed by atoms with van der Waals surface area (Å²) in [7, 11) is 0. The van der Waals surface area contributed by atoms with Crippen LogP contribution in [-0.4, -0.2) is 0 Å². The molecule has 0 radical (unpaired) electrons. The van der Waals surface area contributed by atoms with E-state index in [4.69, 9.17) is 0 Å². The topological polar surface area (TPSA) is 0 Å². The van der Waals surface area contributed by atoms with Crippen molar-refractivity contribution in [3.8, 4) is 0 Å². The minimum absolute atomic E-state index is 0.694. The summed E-state index contributed by atoms with van der Waals surface area (Å²) >= 11 is 0. The fourth-order valence-electron chi connectivity index (χ4n) is 1.33. The van der Waals surface area contributed by atoms with E-state index < -0.39 is 0 Å². The fourth-order valence-corrected chi connectivity index (χ4v) is 1.33. The van der Waals surface area contributed by atoms with Crippen LogP contribution in [0.4, 0.5) is 0 Å². The zero-order valence-electron chi connectivity index (χ0n) is 8.11. The zero-order valence-corrected chi connectivity index (χ0v) is 8.11. The van der Waals surface area contributed by atoms with E-state index in [1.807, 2.05) is 6.92 Å². The fraction of sp³-hybridized carbons (Fsp3) is 0.727. The van der Waals surface area contributed by atoms with E-state index in [2.05, 4.69) is 26.2 Å². The van der Waals surface area contributed by atoms with Gasteiger partial charge in [-0.3, -0.25) is 0 Å². The van der Waals surface area contributed by atoms with E-state index in [0.29, 0.717) is 5.41 Å². The van der Waals surface area contributed by atoms with Gasteiger partial charge in [0.25, 0.3) is 0 Å². The summed E-state index contributed by atoms with van der Waals surface area (Å²) in [5.41, 5.74) is 3.25. The van der Waals surface area contributed by atoms with Crippen LogP contribution >= 0.6 is 0 Å². The molecule has 0 unspecified atom stereocenters. The molecule has 0 nitrogen and oxygen atoms in total. The maximum atomic E-state index is 3.30. The molecule has 0 spiro atoms. The molecule has 0 saturated heterocycles. The summed E-state index contributed by atoms with van der Waals surface area (Å²) in [6, 6.07) is 0. The van der Waals surface area contributed by atoms with Crippen LogP contribution in [0.25, 0.3) is 0 Å². The molecule has 1 fully saturated rings. The average Bonchev–Trinajstić information content (AvgIpc) is 2.35. The Hall–Kier alpha value is -0.480. The molecule has 1 saturated carbocycles. The van der Waals surface area contributed by atoms with Crippen molar-refractivity contribution in [3.05, 3.63) is 18.4 Å². The monoisotopic (exact) mass is 152 g/mol. The smallest absolute Gasteiger partial charge is 0.0354 e. The third-order valence-electron chi connectivity index (χ3n) is 2.16. The van der Waals surface area contributed by atoms with E-state index in [1.54, 1.807) is 6.08 Å². The van der Waals surface area contributed by atoms with Gasteiger partial charge in [-0.1, -0.05) is 33.3 Å². The second-order valence-electron chi connectivity index (χ2n) is 3.86. The van der Waals surface area contributed by atoms with E-state index in [-0.39, 0.29) is 0 Å². The number of allylic oxidation sites excluding steroid dienone is 1. The molecule has 0 aromatic carbocycles. The van der Waals surface area contributed by atoms with E-state index in [1.165, 1.54) is 25.7 Å². The lowest BCUT2D eigenvalue weighted by atomic mass is 9.92. The van der Waals surface area contributed by atoms with Gasteiger partial charge in [-0.2, -0.15) is 0 Å². The van der Waals surface area contributed by atoms with Crippen LogP contribution in [0.2, 0.25) is 0 Å². The highest BCUT2D eigenvalue weighted by Gasteiger charge is 2.21. The molecule has 0 heteroatoms. The van der Waals surface area contributed by atoms with Crippen LogP contribution in [0, 0.1) is 5.41 Å². The lowest BCUT2D eigenvalue weighted by Crippen LogP contribution is -2.01. The van der Waals surface area contributed by atoms with Crippen molar-refractivity contribution in [2.75, 3.05) is 0 Å². The summed E-state index contributed by atoms with van der Waals surface area (Å²) in [6.07, 6.45) is 7.60. The highest BCUT2D eigenvalue weighted by atomic mass is 14.3. The number of rotatable bonds is 0. The molecule has 64 valence electrons. The van der Waals surface area contributed by atoms with Gasteiger partial charge in [0.2, 0.25) is 0 Å². The summed E-state index contributed by atoms with van der Waals surface area (Å²) in [4.78, 5) is 0. The molecule has 0 aliphatic heterocycles. The summed E-state index contributed by atoms with van der Waals surface area (Å²) in [6.45, 7) is 9.90. The van der Waals surface area contributed by atoms with Gasteiger partial charge in [0, 0.05) is 0 Å². The molecule has 0 bridgehead atoms. The molecular weight excluding hydrogens is 132 g/mol. The minimum Gasteiger partial charge on any atom is -0.133 e. The van der Waals surface area contributed by atoms with Gasteiger partial charge in [0.15, 0.2) is 0 Å². The van der Waals surface area contributed by atoms with Crippen LogP contribution in [-0.2, 0) is 0 Å². The minimum atomic E-state index is 0.694. The van der Waals surface area contributed by atoms with Gasteiger partial charge >= 0.3 is 0 Å². The van der Waals surface area contributed by atoms with Crippen LogP contribution in [0.15, 0.2) is 18.4 Å². The normalized spacial score (nSPS) is 19.5. The van der Waals surface area contributed by atoms with Crippen LogP contribution in [0.1, 0.15) is 46.5 Å². The lowest BCUT2D eigenvalue weighted by Gasteiger charge is -2.13. The molecule has 0 atom stereocenters. The van der Waals surface area contributed by atoms with E-state index >= 15 is 0 Å². The SMILES string of the molecule is C=C=CC.CC1(C)CCCC1. The predicted molar refractivity (Wildman–Crippen MR) is 51.6 cm³/mol. The Balaban J connectivity index is 0.000000218. The predicted octanol–water partition coefficient (Wildman–Crippen LogP) is 3.93. The Bertz CT molecular complexity index is 128. The first kappa shape index (κ1) is 10.5. The first-order valence-electron chi connectivity index (χ1n) is 4.43. The third kappa shape index (κ3) is 5.94. The van der Waals surface area contributed by atoms with Crippen LogP contribution in [0.3, 0.4) is 0 Å². The summed E-state index contributed by atoms with van der Waals surface area (Å²) < 4.78 is 0. The van der Waals surface area contributed by atoms with Crippen molar-refractivity contribution in [1.29, 1.82) is 0 Å². The van der Waals surface area contributed by atoms with Crippen LogP contribution < -0.4 is 0 Å². The molecule has 0 N–H and O–H groups in total. The van der Waals surface area contributed by atoms with Crippen LogP contribution in [0.5, 0.6) is 0 Å². The standard InChI is InChI=1S/C7H14.C4H6/c1-7(2)5-3-4-6-7;1-3-4-2/h3-6H2,1-2H3;4H,1H2,2H3. The van der Waals surface area contributed by atoms with Crippen molar-refractivity contribution in [2.45, 2.75) is 46.5 Å². The quantitative estimate of drug-likeness (QED) is 0.461. The molecule has 11 heavy (non-hydrogen) atoms. The van der Waals surface area contributed by atoms with Crippen molar-refractivity contribution in [2.24, 2.45) is 5.41 Å². The third-order valence-corrected chi connectivity index (χ3v) is 2.16. The van der Waals surface area contributed by atoms with Gasteiger partial charge in [0.05, 0.1) is 0 Å². The first-order chi connectivity index (χ1) is 5.12. The maximum absolute atomic E-state index is 3.30. The zero-order chi connectivity index (χ0) is 8.74. The van der Waals surface area contributed by atoms with E-state index in [9.17, 15) is 0 Å². The van der Waals surface area contributed by atoms with Crippen molar-refractivity contribution in [3.63, 3.8) is 0 Å². The second-order valence-corrected chi connectivity index (χ2v) is 3.86. The Morgan fingerprint density at radius 1 is 1.27 bits per heavy atom. The molecule has 0 aromatic heterocycles. The highest BCUT2D eigenvalue weighted by Crippen LogP contribution is 2.36.